The minimum Gasteiger partial charge on any atom is -0.478 e. The van der Waals surface area contributed by atoms with Gasteiger partial charge in [0, 0.05) is 7.05 Å². The highest BCUT2D eigenvalue weighted by atomic mass is 19.4. The van der Waals surface area contributed by atoms with Crippen molar-refractivity contribution in [2.24, 2.45) is 0 Å². The molecule has 1 aromatic rings. The highest BCUT2D eigenvalue weighted by Gasteiger charge is 2.27. The van der Waals surface area contributed by atoms with Crippen LogP contribution in [0.5, 0.6) is 0 Å². The Morgan fingerprint density at radius 1 is 1.38 bits per heavy atom. The Balaban J connectivity index is 2.69. The summed E-state index contributed by atoms with van der Waals surface area (Å²) in [5, 5.41) is 10.5. The molecule has 0 saturated carbocycles. The zero-order chi connectivity index (χ0) is 16.2. The highest BCUT2D eigenvalue weighted by molar-refractivity contribution is 5.91. The SMILES string of the molecule is CN(CC(=O)NCC(F)(F)F)c1ccc(C(=O)O)cc1N. The number of carboxylic acids is 1. The maximum absolute atomic E-state index is 12.0. The van der Waals surface area contributed by atoms with Gasteiger partial charge in [0.05, 0.1) is 23.5 Å². The first kappa shape index (κ1) is 16.6. The van der Waals surface area contributed by atoms with E-state index in [1.54, 1.807) is 5.32 Å². The van der Waals surface area contributed by atoms with Gasteiger partial charge in [0.25, 0.3) is 0 Å². The molecule has 0 aliphatic carbocycles. The smallest absolute Gasteiger partial charge is 0.405 e. The number of aromatic carboxylic acids is 1. The molecule has 0 aliphatic rings. The predicted molar refractivity (Wildman–Crippen MR) is 70.1 cm³/mol. The van der Waals surface area contributed by atoms with E-state index in [2.05, 4.69) is 0 Å². The van der Waals surface area contributed by atoms with Crippen LogP contribution in [-0.4, -0.2) is 43.3 Å². The number of halogens is 3. The van der Waals surface area contributed by atoms with Crippen LogP contribution in [0.2, 0.25) is 0 Å². The summed E-state index contributed by atoms with van der Waals surface area (Å²) in [4.78, 5) is 23.4. The Bertz CT molecular complexity index is 546. The Labute approximate surface area is 118 Å². The zero-order valence-corrected chi connectivity index (χ0v) is 11.1. The fourth-order valence-corrected chi connectivity index (χ4v) is 1.59. The van der Waals surface area contributed by atoms with Gasteiger partial charge in [0.2, 0.25) is 5.91 Å². The number of nitrogens with one attached hydrogen (secondary N) is 1. The number of hydrogen-bond acceptors (Lipinski definition) is 4. The van der Waals surface area contributed by atoms with Gasteiger partial charge in [-0.05, 0) is 18.2 Å². The highest BCUT2D eigenvalue weighted by Crippen LogP contribution is 2.23. The lowest BCUT2D eigenvalue weighted by atomic mass is 10.1. The van der Waals surface area contributed by atoms with Crippen molar-refractivity contribution in [2.45, 2.75) is 6.18 Å². The number of anilines is 2. The van der Waals surface area contributed by atoms with E-state index in [4.69, 9.17) is 10.8 Å². The number of carbonyl (C=O) groups excluding carboxylic acids is 1. The molecule has 0 saturated heterocycles. The summed E-state index contributed by atoms with van der Waals surface area (Å²) in [5.41, 5.74) is 6.10. The number of hydrogen-bond donors (Lipinski definition) is 3. The topological polar surface area (TPSA) is 95.7 Å². The molecule has 0 spiro atoms. The van der Waals surface area contributed by atoms with Gasteiger partial charge < -0.3 is 21.1 Å². The third-order valence-electron chi connectivity index (χ3n) is 2.55. The van der Waals surface area contributed by atoms with E-state index >= 15 is 0 Å². The summed E-state index contributed by atoms with van der Waals surface area (Å²) in [6, 6.07) is 3.88. The summed E-state index contributed by atoms with van der Waals surface area (Å²) in [7, 11) is 1.46. The first-order valence-electron chi connectivity index (χ1n) is 5.77. The molecule has 0 aliphatic heterocycles. The molecule has 0 atom stereocenters. The standard InChI is InChI=1S/C12H14F3N3O3/c1-18(5-10(19)17-6-12(13,14)15)9-3-2-7(11(20)21)4-8(9)16/h2-4H,5-6,16H2,1H3,(H,17,19)(H,20,21). The molecular formula is C12H14F3N3O3. The van der Waals surface area contributed by atoms with Crippen molar-refractivity contribution in [3.05, 3.63) is 23.8 Å². The summed E-state index contributed by atoms with van der Waals surface area (Å²) in [5.74, 6) is -1.98. The van der Waals surface area contributed by atoms with Crippen molar-refractivity contribution in [1.82, 2.24) is 5.32 Å². The van der Waals surface area contributed by atoms with E-state index in [1.165, 1.54) is 30.1 Å². The Morgan fingerprint density at radius 2 is 2.00 bits per heavy atom. The predicted octanol–water partition coefficient (Wildman–Crippen LogP) is 1.08. The molecule has 116 valence electrons. The van der Waals surface area contributed by atoms with E-state index in [1.807, 2.05) is 0 Å². The van der Waals surface area contributed by atoms with Crippen LogP contribution in [0, 0.1) is 0 Å². The molecule has 0 unspecified atom stereocenters. The molecule has 0 aromatic heterocycles. The molecule has 0 fully saturated rings. The molecule has 0 bridgehead atoms. The first-order valence-corrected chi connectivity index (χ1v) is 5.77. The molecule has 1 rings (SSSR count). The fraction of sp³-hybridized carbons (Fsp3) is 0.333. The van der Waals surface area contributed by atoms with Crippen LogP contribution >= 0.6 is 0 Å². The second kappa shape index (κ2) is 6.33. The van der Waals surface area contributed by atoms with Crippen LogP contribution in [0.3, 0.4) is 0 Å². The van der Waals surface area contributed by atoms with Crippen molar-refractivity contribution >= 4 is 23.3 Å². The number of carboxylic acid groups (broad SMARTS) is 1. The third kappa shape index (κ3) is 5.21. The number of nitrogens with two attached hydrogens (primary N) is 1. The van der Waals surface area contributed by atoms with Gasteiger partial charge >= 0.3 is 12.1 Å². The van der Waals surface area contributed by atoms with E-state index in [0.29, 0.717) is 5.69 Å². The van der Waals surface area contributed by atoms with Crippen molar-refractivity contribution in [3.63, 3.8) is 0 Å². The van der Waals surface area contributed by atoms with Crippen LogP contribution in [0.1, 0.15) is 10.4 Å². The number of amides is 1. The lowest BCUT2D eigenvalue weighted by molar-refractivity contribution is -0.137. The number of benzene rings is 1. The van der Waals surface area contributed by atoms with Crippen LogP contribution in [0.25, 0.3) is 0 Å². The lowest BCUT2D eigenvalue weighted by Crippen LogP contribution is -2.40. The van der Waals surface area contributed by atoms with Gasteiger partial charge in [-0.2, -0.15) is 13.2 Å². The van der Waals surface area contributed by atoms with Gasteiger partial charge in [0.15, 0.2) is 0 Å². The molecule has 0 heterocycles. The Morgan fingerprint density at radius 3 is 2.48 bits per heavy atom. The number of carbonyl (C=O) groups is 2. The molecule has 0 radical (unpaired) electrons. The van der Waals surface area contributed by atoms with Crippen molar-refractivity contribution in [2.75, 3.05) is 30.8 Å². The minimum atomic E-state index is -4.48. The van der Waals surface area contributed by atoms with E-state index < -0.39 is 24.6 Å². The largest absolute Gasteiger partial charge is 0.478 e. The molecule has 6 nitrogen and oxygen atoms in total. The quantitative estimate of drug-likeness (QED) is 0.708. The molecule has 1 aromatic carbocycles. The van der Waals surface area contributed by atoms with Gasteiger partial charge in [-0.1, -0.05) is 0 Å². The maximum Gasteiger partial charge on any atom is 0.405 e. The Hall–Kier alpha value is -2.45. The molecule has 9 heteroatoms. The van der Waals surface area contributed by atoms with E-state index in [9.17, 15) is 22.8 Å². The molecular weight excluding hydrogens is 291 g/mol. The van der Waals surface area contributed by atoms with E-state index in [0.717, 1.165) is 0 Å². The average molecular weight is 305 g/mol. The summed E-state index contributed by atoms with van der Waals surface area (Å²) >= 11 is 0. The van der Waals surface area contributed by atoms with Crippen LogP contribution in [0.15, 0.2) is 18.2 Å². The van der Waals surface area contributed by atoms with Crippen LogP contribution < -0.4 is 16.0 Å². The number of alkyl halides is 3. The van der Waals surface area contributed by atoms with Crippen molar-refractivity contribution in [3.8, 4) is 0 Å². The summed E-state index contributed by atoms with van der Waals surface area (Å²) < 4.78 is 35.9. The van der Waals surface area contributed by atoms with Gasteiger partial charge in [-0.15, -0.1) is 0 Å². The van der Waals surface area contributed by atoms with Crippen molar-refractivity contribution < 1.29 is 27.9 Å². The van der Waals surface area contributed by atoms with Crippen LogP contribution in [-0.2, 0) is 4.79 Å². The lowest BCUT2D eigenvalue weighted by Gasteiger charge is -2.21. The monoisotopic (exact) mass is 305 g/mol. The van der Waals surface area contributed by atoms with Crippen molar-refractivity contribution in [1.29, 1.82) is 0 Å². The number of likely N-dealkylation sites (N-methyl/N-ethyl adjacent to an activating group) is 1. The maximum atomic E-state index is 12.0. The average Bonchev–Trinajstić information content (AvgIpc) is 2.35. The fourth-order valence-electron chi connectivity index (χ4n) is 1.59. The zero-order valence-electron chi connectivity index (χ0n) is 11.1. The second-order valence-corrected chi connectivity index (χ2v) is 4.33. The summed E-state index contributed by atoms with van der Waals surface area (Å²) in [6.45, 7) is -1.75. The third-order valence-corrected chi connectivity index (χ3v) is 2.55. The van der Waals surface area contributed by atoms with Gasteiger partial charge in [-0.3, -0.25) is 4.79 Å². The molecule has 21 heavy (non-hydrogen) atoms. The number of nitrogen functional groups attached to an aromatic ring is 1. The number of nitrogens with zero attached hydrogens (tertiary/aromatic N) is 1. The summed E-state index contributed by atoms with van der Waals surface area (Å²) in [6.07, 6.45) is -4.48. The minimum absolute atomic E-state index is 0.0221. The van der Waals surface area contributed by atoms with Gasteiger partial charge in [-0.25, -0.2) is 4.79 Å². The first-order chi connectivity index (χ1) is 9.60. The second-order valence-electron chi connectivity index (χ2n) is 4.33. The van der Waals surface area contributed by atoms with Gasteiger partial charge in [0.1, 0.15) is 6.54 Å². The normalized spacial score (nSPS) is 11.0. The molecule has 4 N–H and O–H groups in total. The van der Waals surface area contributed by atoms with Crippen LogP contribution in [0.4, 0.5) is 24.5 Å². The van der Waals surface area contributed by atoms with E-state index in [-0.39, 0.29) is 17.8 Å². The number of rotatable bonds is 5. The molecule has 1 amide bonds. The Kier molecular flexibility index (Phi) is 5.01.